The predicted octanol–water partition coefficient (Wildman–Crippen LogP) is 4.01. The molecule has 1 aromatic carbocycles. The van der Waals surface area contributed by atoms with Crippen molar-refractivity contribution < 1.29 is 0 Å². The minimum Gasteiger partial charge on any atom is -0.149 e. The van der Waals surface area contributed by atoms with Crippen LogP contribution in [0, 0.1) is 0 Å². The summed E-state index contributed by atoms with van der Waals surface area (Å²) in [5, 5.41) is 9.14. The van der Waals surface area contributed by atoms with Gasteiger partial charge in [-0.2, -0.15) is 0 Å². The van der Waals surface area contributed by atoms with Crippen molar-refractivity contribution in [1.82, 2.24) is 10.2 Å². The lowest BCUT2D eigenvalue weighted by atomic mass is 10.1. The third kappa shape index (κ3) is 2.34. The summed E-state index contributed by atoms with van der Waals surface area (Å²) in [6.07, 6.45) is 0.835. The molecule has 0 saturated carbocycles. The Morgan fingerprint density at radius 2 is 1.94 bits per heavy atom. The van der Waals surface area contributed by atoms with Crippen LogP contribution in [0.3, 0.4) is 0 Å². The zero-order chi connectivity index (χ0) is 11.5. The Morgan fingerprint density at radius 1 is 1.12 bits per heavy atom. The number of nitrogens with zero attached hydrogens (tertiary/aromatic N) is 2. The summed E-state index contributed by atoms with van der Waals surface area (Å²) in [6.45, 7) is 2.03. The Labute approximate surface area is 104 Å². The normalized spacial score (nSPS) is 10.4. The summed E-state index contributed by atoms with van der Waals surface area (Å²) in [4.78, 5) is 0. The van der Waals surface area contributed by atoms with Crippen LogP contribution < -0.4 is 0 Å². The molecule has 0 saturated heterocycles. The first-order chi connectivity index (χ1) is 7.70. The van der Waals surface area contributed by atoms with Crippen LogP contribution in [0.1, 0.15) is 12.5 Å². The highest BCUT2D eigenvalue weighted by Gasteiger charge is 2.05. The van der Waals surface area contributed by atoms with Gasteiger partial charge in [0.25, 0.3) is 0 Å². The lowest BCUT2D eigenvalue weighted by molar-refractivity contribution is 0.990. The molecule has 0 amide bonds. The minimum absolute atomic E-state index is 0.466. The van der Waals surface area contributed by atoms with Crippen LogP contribution in [-0.2, 0) is 6.42 Å². The molecule has 0 aliphatic heterocycles. The van der Waals surface area contributed by atoms with Gasteiger partial charge in [0.1, 0.15) is 0 Å². The van der Waals surface area contributed by atoms with Crippen LogP contribution in [-0.4, -0.2) is 10.2 Å². The molecule has 0 atom stereocenters. The van der Waals surface area contributed by atoms with E-state index in [1.165, 1.54) is 0 Å². The number of rotatable bonds is 2. The third-order valence-electron chi connectivity index (χ3n) is 2.32. The Hall–Kier alpha value is -1.12. The molecule has 2 rings (SSSR count). The fourth-order valence-electron chi connectivity index (χ4n) is 1.45. The van der Waals surface area contributed by atoms with E-state index in [-0.39, 0.29) is 0 Å². The van der Waals surface area contributed by atoms with E-state index in [4.69, 9.17) is 23.2 Å². The maximum absolute atomic E-state index is 5.93. The van der Waals surface area contributed by atoms with Crippen molar-refractivity contribution >= 4 is 23.2 Å². The monoisotopic (exact) mass is 252 g/mol. The highest BCUT2D eigenvalue weighted by molar-refractivity contribution is 6.31. The molecule has 16 heavy (non-hydrogen) atoms. The summed E-state index contributed by atoms with van der Waals surface area (Å²) in [5.74, 6) is 0. The summed E-state index contributed by atoms with van der Waals surface area (Å²) in [6, 6.07) is 9.47. The van der Waals surface area contributed by atoms with Crippen molar-refractivity contribution in [2.24, 2.45) is 0 Å². The van der Waals surface area contributed by atoms with Gasteiger partial charge in [-0.1, -0.05) is 42.3 Å². The molecule has 0 unspecified atom stereocenters. The fraction of sp³-hybridized carbons (Fsp3) is 0.167. The standard InChI is InChI=1S/C12H10Cl2N2/c1-2-8-7-11(15-16-12(8)14)9-4-3-5-10(13)6-9/h3-7H,2H2,1H3. The van der Waals surface area contributed by atoms with Gasteiger partial charge in [0.15, 0.2) is 5.15 Å². The van der Waals surface area contributed by atoms with E-state index < -0.39 is 0 Å². The largest absolute Gasteiger partial charge is 0.154 e. The van der Waals surface area contributed by atoms with Gasteiger partial charge in [0, 0.05) is 10.6 Å². The van der Waals surface area contributed by atoms with E-state index in [0.717, 1.165) is 23.2 Å². The van der Waals surface area contributed by atoms with E-state index in [9.17, 15) is 0 Å². The second-order valence-electron chi connectivity index (χ2n) is 3.41. The summed E-state index contributed by atoms with van der Waals surface area (Å²) < 4.78 is 0. The van der Waals surface area contributed by atoms with Crippen LogP contribution in [0.5, 0.6) is 0 Å². The van der Waals surface area contributed by atoms with Crippen molar-refractivity contribution in [3.05, 3.63) is 46.1 Å². The highest BCUT2D eigenvalue weighted by Crippen LogP contribution is 2.23. The maximum atomic E-state index is 5.93. The number of benzene rings is 1. The smallest absolute Gasteiger partial charge is 0.149 e. The SMILES string of the molecule is CCc1cc(-c2cccc(Cl)c2)nnc1Cl. The average Bonchev–Trinajstić information content (AvgIpc) is 2.29. The number of aromatic nitrogens is 2. The van der Waals surface area contributed by atoms with Gasteiger partial charge in [-0.3, -0.25) is 0 Å². The molecule has 0 bridgehead atoms. The molecule has 0 aliphatic carbocycles. The number of hydrogen-bond acceptors (Lipinski definition) is 2. The summed E-state index contributed by atoms with van der Waals surface area (Å²) in [7, 11) is 0. The molecular formula is C12H10Cl2N2. The van der Waals surface area contributed by atoms with E-state index in [2.05, 4.69) is 10.2 Å². The van der Waals surface area contributed by atoms with Gasteiger partial charge < -0.3 is 0 Å². The van der Waals surface area contributed by atoms with Crippen molar-refractivity contribution in [3.8, 4) is 11.3 Å². The first kappa shape index (κ1) is 11.4. The molecule has 2 nitrogen and oxygen atoms in total. The van der Waals surface area contributed by atoms with E-state index >= 15 is 0 Å². The topological polar surface area (TPSA) is 25.8 Å². The molecule has 1 aromatic heterocycles. The van der Waals surface area contributed by atoms with Crippen LogP contribution >= 0.6 is 23.2 Å². The first-order valence-corrected chi connectivity index (χ1v) is 5.74. The predicted molar refractivity (Wildman–Crippen MR) is 66.9 cm³/mol. The van der Waals surface area contributed by atoms with Crippen LogP contribution in [0.15, 0.2) is 30.3 Å². The van der Waals surface area contributed by atoms with Gasteiger partial charge in [-0.05, 0) is 30.2 Å². The van der Waals surface area contributed by atoms with E-state index in [1.807, 2.05) is 37.3 Å². The molecule has 0 fully saturated rings. The minimum atomic E-state index is 0.466. The lowest BCUT2D eigenvalue weighted by Gasteiger charge is -2.04. The maximum Gasteiger partial charge on any atom is 0.154 e. The molecule has 0 spiro atoms. The molecule has 1 heterocycles. The number of hydrogen-bond donors (Lipinski definition) is 0. The molecule has 2 aromatic rings. The van der Waals surface area contributed by atoms with Gasteiger partial charge in [0.05, 0.1) is 5.69 Å². The van der Waals surface area contributed by atoms with Crippen molar-refractivity contribution in [1.29, 1.82) is 0 Å². The lowest BCUT2D eigenvalue weighted by Crippen LogP contribution is -1.93. The fourth-order valence-corrected chi connectivity index (χ4v) is 1.87. The average molecular weight is 253 g/mol. The van der Waals surface area contributed by atoms with Gasteiger partial charge in [-0.25, -0.2) is 0 Å². The molecule has 0 aliphatic rings. The first-order valence-electron chi connectivity index (χ1n) is 4.98. The summed E-state index contributed by atoms with van der Waals surface area (Å²) >= 11 is 11.8. The van der Waals surface area contributed by atoms with E-state index in [0.29, 0.717) is 10.2 Å². The van der Waals surface area contributed by atoms with Gasteiger partial charge >= 0.3 is 0 Å². The number of aryl methyl sites for hydroxylation is 1. The van der Waals surface area contributed by atoms with Crippen molar-refractivity contribution in [2.75, 3.05) is 0 Å². The van der Waals surface area contributed by atoms with Gasteiger partial charge in [0.2, 0.25) is 0 Å². The van der Waals surface area contributed by atoms with Crippen LogP contribution in [0.25, 0.3) is 11.3 Å². The quantitative estimate of drug-likeness (QED) is 0.807. The van der Waals surface area contributed by atoms with Gasteiger partial charge in [-0.15, -0.1) is 10.2 Å². The second-order valence-corrected chi connectivity index (χ2v) is 4.20. The molecule has 4 heteroatoms. The van der Waals surface area contributed by atoms with Crippen LogP contribution in [0.2, 0.25) is 10.2 Å². The Kier molecular flexibility index (Phi) is 3.42. The summed E-state index contributed by atoms with van der Waals surface area (Å²) in [5.41, 5.74) is 2.74. The van der Waals surface area contributed by atoms with Crippen LogP contribution in [0.4, 0.5) is 0 Å². The van der Waals surface area contributed by atoms with Crippen molar-refractivity contribution in [3.63, 3.8) is 0 Å². The number of halogens is 2. The molecule has 0 radical (unpaired) electrons. The molecule has 0 N–H and O–H groups in total. The second kappa shape index (κ2) is 4.81. The van der Waals surface area contributed by atoms with E-state index in [1.54, 1.807) is 0 Å². The van der Waals surface area contributed by atoms with Crippen molar-refractivity contribution in [2.45, 2.75) is 13.3 Å². The zero-order valence-corrected chi connectivity index (χ0v) is 10.3. The Balaban J connectivity index is 2.48. The Bertz CT molecular complexity index is 512. The molecule has 82 valence electrons. The highest BCUT2D eigenvalue weighted by atomic mass is 35.5. The third-order valence-corrected chi connectivity index (χ3v) is 2.88. The molecular weight excluding hydrogens is 243 g/mol. The Morgan fingerprint density at radius 3 is 2.62 bits per heavy atom. The zero-order valence-electron chi connectivity index (χ0n) is 8.74.